The van der Waals surface area contributed by atoms with E-state index in [1.807, 2.05) is 0 Å². The SMILES string of the molecule is NCCCCS[O]. The maximum atomic E-state index is 9.68. The molecule has 0 aliphatic heterocycles. The first-order valence-corrected chi connectivity index (χ1v) is 3.27. The highest BCUT2D eigenvalue weighted by Crippen LogP contribution is 1.97. The fraction of sp³-hybridized carbons (Fsp3) is 1.00. The molecule has 0 spiro atoms. The molecule has 0 bridgehead atoms. The summed E-state index contributed by atoms with van der Waals surface area (Å²) in [5.41, 5.74) is 5.16. The zero-order valence-corrected chi connectivity index (χ0v) is 5.04. The molecule has 0 heterocycles. The highest BCUT2D eigenvalue weighted by atomic mass is 32.2. The van der Waals surface area contributed by atoms with Gasteiger partial charge in [0.1, 0.15) is 0 Å². The van der Waals surface area contributed by atoms with Crippen LogP contribution < -0.4 is 5.73 Å². The Bertz CT molecular complexity index is 30.9. The van der Waals surface area contributed by atoms with Crippen molar-refractivity contribution >= 4 is 12.0 Å². The quantitative estimate of drug-likeness (QED) is 0.440. The van der Waals surface area contributed by atoms with Crippen molar-refractivity contribution in [3.05, 3.63) is 0 Å². The van der Waals surface area contributed by atoms with Crippen LogP contribution in [0.1, 0.15) is 12.8 Å². The van der Waals surface area contributed by atoms with Crippen LogP contribution in [0.5, 0.6) is 0 Å². The van der Waals surface area contributed by atoms with Gasteiger partial charge >= 0.3 is 0 Å². The summed E-state index contributed by atoms with van der Waals surface area (Å²) in [5, 5.41) is 0. The summed E-state index contributed by atoms with van der Waals surface area (Å²) < 4.78 is 9.68. The highest BCUT2D eigenvalue weighted by Gasteiger charge is 1.83. The van der Waals surface area contributed by atoms with Crippen LogP contribution in [0.3, 0.4) is 0 Å². The van der Waals surface area contributed by atoms with Crippen LogP contribution in [0.2, 0.25) is 0 Å². The van der Waals surface area contributed by atoms with Gasteiger partial charge in [-0.3, -0.25) is 0 Å². The van der Waals surface area contributed by atoms with Gasteiger partial charge in [0.15, 0.2) is 0 Å². The fourth-order valence-corrected chi connectivity index (χ4v) is 0.627. The third-order valence-electron chi connectivity index (χ3n) is 0.682. The molecular formula is C4H10NOS. The summed E-state index contributed by atoms with van der Waals surface area (Å²) in [7, 11) is 0. The van der Waals surface area contributed by atoms with Gasteiger partial charge < -0.3 is 5.73 Å². The van der Waals surface area contributed by atoms with E-state index in [-0.39, 0.29) is 0 Å². The summed E-state index contributed by atoms with van der Waals surface area (Å²) in [5.74, 6) is 0.706. The number of unbranched alkanes of at least 4 members (excludes halogenated alkanes) is 1. The molecule has 0 aromatic carbocycles. The average Bonchev–Trinajstić information content (AvgIpc) is 1.69. The molecule has 0 fully saturated rings. The van der Waals surface area contributed by atoms with Crippen LogP contribution in [-0.4, -0.2) is 12.3 Å². The van der Waals surface area contributed by atoms with E-state index in [1.165, 1.54) is 0 Å². The van der Waals surface area contributed by atoms with Crippen molar-refractivity contribution in [3.63, 3.8) is 0 Å². The van der Waals surface area contributed by atoms with Crippen molar-refractivity contribution in [1.29, 1.82) is 0 Å². The number of hydrogen-bond donors (Lipinski definition) is 1. The van der Waals surface area contributed by atoms with Gasteiger partial charge in [0.25, 0.3) is 0 Å². The van der Waals surface area contributed by atoms with Crippen molar-refractivity contribution in [2.45, 2.75) is 12.8 Å². The Balaban J connectivity index is 2.45. The first-order chi connectivity index (χ1) is 3.41. The minimum absolute atomic E-state index is 0.636. The molecule has 0 aliphatic rings. The monoisotopic (exact) mass is 120 g/mol. The van der Waals surface area contributed by atoms with E-state index in [2.05, 4.69) is 0 Å². The first-order valence-electron chi connectivity index (χ1n) is 2.36. The summed E-state index contributed by atoms with van der Waals surface area (Å²) in [6.45, 7) is 0.709. The van der Waals surface area contributed by atoms with Crippen LogP contribution in [0.4, 0.5) is 0 Å². The zero-order valence-electron chi connectivity index (χ0n) is 4.22. The molecule has 0 saturated carbocycles. The summed E-state index contributed by atoms with van der Waals surface area (Å²) >= 11 is 0.636. The van der Waals surface area contributed by atoms with E-state index in [0.717, 1.165) is 12.8 Å². The molecule has 0 rings (SSSR count). The maximum Gasteiger partial charge on any atom is 0.0326 e. The van der Waals surface area contributed by atoms with E-state index in [0.29, 0.717) is 24.3 Å². The Hall–Kier alpha value is 0.270. The lowest BCUT2D eigenvalue weighted by molar-refractivity contribution is 0.529. The number of hydrogen-bond acceptors (Lipinski definition) is 2. The molecule has 2 nitrogen and oxygen atoms in total. The largest absolute Gasteiger partial charge is 0.330 e. The van der Waals surface area contributed by atoms with E-state index in [1.54, 1.807) is 0 Å². The molecule has 43 valence electrons. The van der Waals surface area contributed by atoms with E-state index < -0.39 is 0 Å². The van der Waals surface area contributed by atoms with Crippen molar-refractivity contribution in [1.82, 2.24) is 0 Å². The van der Waals surface area contributed by atoms with Gasteiger partial charge in [-0.05, 0) is 19.4 Å². The van der Waals surface area contributed by atoms with Crippen LogP contribution in [-0.2, 0) is 4.55 Å². The molecule has 0 aliphatic carbocycles. The molecule has 3 heteroatoms. The lowest BCUT2D eigenvalue weighted by Gasteiger charge is -1.88. The Kier molecular flexibility index (Phi) is 6.51. The average molecular weight is 120 g/mol. The predicted octanol–water partition coefficient (Wildman–Crippen LogP) is 0.804. The minimum atomic E-state index is 0.636. The Morgan fingerprint density at radius 3 is 2.57 bits per heavy atom. The molecule has 0 aromatic heterocycles. The molecule has 1 radical (unpaired) electrons. The number of rotatable bonds is 4. The summed E-state index contributed by atoms with van der Waals surface area (Å²) in [4.78, 5) is 0. The van der Waals surface area contributed by atoms with Gasteiger partial charge in [0, 0.05) is 17.8 Å². The van der Waals surface area contributed by atoms with Crippen molar-refractivity contribution < 1.29 is 4.55 Å². The number of nitrogens with two attached hydrogens (primary N) is 1. The molecule has 0 unspecified atom stereocenters. The van der Waals surface area contributed by atoms with Gasteiger partial charge in [0.2, 0.25) is 0 Å². The Labute approximate surface area is 48.3 Å². The smallest absolute Gasteiger partial charge is 0.0326 e. The maximum absolute atomic E-state index is 9.68. The van der Waals surface area contributed by atoms with E-state index in [9.17, 15) is 4.55 Å². The topological polar surface area (TPSA) is 45.9 Å². The van der Waals surface area contributed by atoms with Crippen molar-refractivity contribution in [2.75, 3.05) is 12.3 Å². The molecule has 0 atom stereocenters. The predicted molar refractivity (Wildman–Crippen MR) is 31.4 cm³/mol. The van der Waals surface area contributed by atoms with Gasteiger partial charge in [-0.1, -0.05) is 0 Å². The molecule has 0 amide bonds. The van der Waals surface area contributed by atoms with Crippen LogP contribution in [0.25, 0.3) is 0 Å². The third-order valence-corrected chi connectivity index (χ3v) is 1.14. The van der Waals surface area contributed by atoms with E-state index in [4.69, 9.17) is 5.73 Å². The summed E-state index contributed by atoms with van der Waals surface area (Å²) in [6, 6.07) is 0. The normalized spacial score (nSPS) is 9.43. The second kappa shape index (κ2) is 6.27. The second-order valence-corrected chi connectivity index (χ2v) is 1.96. The third kappa shape index (κ3) is 6.27. The second-order valence-electron chi connectivity index (χ2n) is 1.32. The lowest BCUT2D eigenvalue weighted by atomic mass is 10.3. The molecule has 7 heavy (non-hydrogen) atoms. The Morgan fingerprint density at radius 2 is 2.14 bits per heavy atom. The van der Waals surface area contributed by atoms with E-state index >= 15 is 0 Å². The fourth-order valence-electron chi connectivity index (χ4n) is 0.305. The minimum Gasteiger partial charge on any atom is -0.330 e. The molecular weight excluding hydrogens is 110 g/mol. The lowest BCUT2D eigenvalue weighted by Crippen LogP contribution is -1.97. The standard InChI is InChI=1S/C4H10NOS/c5-3-1-2-4-7-6/h1-5H2. The van der Waals surface area contributed by atoms with Gasteiger partial charge in [-0.25, -0.2) is 0 Å². The van der Waals surface area contributed by atoms with Crippen molar-refractivity contribution in [3.8, 4) is 0 Å². The molecule has 0 aromatic rings. The van der Waals surface area contributed by atoms with Crippen LogP contribution >= 0.6 is 12.0 Å². The van der Waals surface area contributed by atoms with Crippen LogP contribution in [0, 0.1) is 0 Å². The summed E-state index contributed by atoms with van der Waals surface area (Å²) in [6.07, 6.45) is 1.94. The van der Waals surface area contributed by atoms with Gasteiger partial charge in [-0.2, -0.15) is 4.55 Å². The van der Waals surface area contributed by atoms with Gasteiger partial charge in [-0.15, -0.1) is 0 Å². The molecule has 0 saturated heterocycles. The first kappa shape index (κ1) is 7.27. The Morgan fingerprint density at radius 1 is 1.43 bits per heavy atom. The van der Waals surface area contributed by atoms with Crippen molar-refractivity contribution in [2.24, 2.45) is 5.73 Å². The molecule has 2 N–H and O–H groups in total. The highest BCUT2D eigenvalue weighted by molar-refractivity contribution is 7.93. The zero-order chi connectivity index (χ0) is 5.54. The van der Waals surface area contributed by atoms with Gasteiger partial charge in [0.05, 0.1) is 0 Å². The van der Waals surface area contributed by atoms with Crippen LogP contribution in [0.15, 0.2) is 0 Å².